The summed E-state index contributed by atoms with van der Waals surface area (Å²) in [5.74, 6) is -0.157. The van der Waals surface area contributed by atoms with Crippen LogP contribution in [0.3, 0.4) is 0 Å². The molecule has 4 atom stereocenters. The van der Waals surface area contributed by atoms with Crippen LogP contribution >= 0.6 is 0 Å². The molecular weight excluding hydrogens is 234 g/mol. The second-order valence-corrected chi connectivity index (χ2v) is 6.42. The van der Waals surface area contributed by atoms with E-state index in [-0.39, 0.29) is 12.0 Å². The van der Waals surface area contributed by atoms with E-state index in [0.29, 0.717) is 18.3 Å². The molecule has 2 aliphatic carbocycles. The lowest BCUT2D eigenvalue weighted by Gasteiger charge is -2.40. The van der Waals surface area contributed by atoms with Crippen LogP contribution in [0, 0.1) is 17.8 Å². The van der Waals surface area contributed by atoms with E-state index in [1.54, 1.807) is 0 Å². The number of fused-ring (bicyclic) bond motifs is 1. The first kappa shape index (κ1) is 13.2. The Bertz CT molecular complexity index is 360. The first-order valence-corrected chi connectivity index (χ1v) is 6.48. The molecule has 2 aliphatic rings. The molecule has 2 N–H and O–H groups in total. The van der Waals surface area contributed by atoms with Gasteiger partial charge in [-0.2, -0.15) is 0 Å². The average molecular weight is 255 g/mol. The molecule has 0 heterocycles. The van der Waals surface area contributed by atoms with Gasteiger partial charge in [-0.15, -0.1) is 0 Å². The smallest absolute Gasteiger partial charge is 0.407 e. The van der Waals surface area contributed by atoms with Crippen LogP contribution in [0.2, 0.25) is 0 Å². The summed E-state index contributed by atoms with van der Waals surface area (Å²) in [6.45, 7) is 5.48. The van der Waals surface area contributed by atoms with E-state index in [0.717, 1.165) is 12.8 Å². The summed E-state index contributed by atoms with van der Waals surface area (Å²) in [5, 5.41) is 11.8. The van der Waals surface area contributed by atoms with Crippen LogP contribution in [0.25, 0.3) is 0 Å². The molecular formula is C13H21NO4. The van der Waals surface area contributed by atoms with E-state index in [1.165, 1.54) is 0 Å². The fourth-order valence-corrected chi connectivity index (χ4v) is 3.05. The number of hydrogen-bond donors (Lipinski definition) is 2. The molecule has 0 aromatic carbocycles. The van der Waals surface area contributed by atoms with Crippen molar-refractivity contribution >= 4 is 12.1 Å². The van der Waals surface area contributed by atoms with Gasteiger partial charge in [0.2, 0.25) is 0 Å². The lowest BCUT2D eigenvalue weighted by Crippen LogP contribution is -2.51. The number of hydrogen-bond acceptors (Lipinski definition) is 3. The van der Waals surface area contributed by atoms with Crippen molar-refractivity contribution < 1.29 is 19.4 Å². The van der Waals surface area contributed by atoms with Gasteiger partial charge in [0.15, 0.2) is 0 Å². The summed E-state index contributed by atoms with van der Waals surface area (Å²) in [6.07, 6.45) is 1.92. The predicted molar refractivity (Wildman–Crippen MR) is 65.1 cm³/mol. The summed E-state index contributed by atoms with van der Waals surface area (Å²) in [7, 11) is 0. The fraction of sp³-hybridized carbons (Fsp3) is 0.846. The number of ether oxygens (including phenoxy) is 1. The van der Waals surface area contributed by atoms with Gasteiger partial charge >= 0.3 is 12.1 Å². The zero-order valence-corrected chi connectivity index (χ0v) is 11.1. The summed E-state index contributed by atoms with van der Waals surface area (Å²) >= 11 is 0. The Morgan fingerprint density at radius 2 is 1.89 bits per heavy atom. The van der Waals surface area contributed by atoms with Gasteiger partial charge in [-0.05, 0) is 51.9 Å². The molecule has 5 nitrogen and oxygen atoms in total. The van der Waals surface area contributed by atoms with Crippen LogP contribution < -0.4 is 5.32 Å². The average Bonchev–Trinajstić information content (AvgIpc) is 2.50. The van der Waals surface area contributed by atoms with Crippen LogP contribution in [0.4, 0.5) is 4.79 Å². The molecule has 0 radical (unpaired) electrons. The minimum Gasteiger partial charge on any atom is -0.481 e. The number of carboxylic acids is 1. The standard InChI is InChI=1S/C13H21NO4/c1-13(2,3)18-12(17)14-10-6-7-4-8(11(15)16)5-9(7)10/h7-10H,4-6H2,1-3H3,(H,14,17)(H,15,16)/t7-,8?,9-,10-/m0/s1. The number of nitrogens with one attached hydrogen (secondary N) is 1. The maximum atomic E-state index is 11.6. The number of rotatable bonds is 2. The van der Waals surface area contributed by atoms with Crippen LogP contribution in [0.1, 0.15) is 40.0 Å². The molecule has 0 spiro atoms. The molecule has 0 saturated heterocycles. The second kappa shape index (κ2) is 4.44. The SMILES string of the molecule is CC(C)(C)OC(=O)N[C@H]1C[C@@H]2CC(C(=O)O)C[C@@H]21. The Hall–Kier alpha value is -1.26. The third-order valence-electron chi connectivity index (χ3n) is 3.87. The van der Waals surface area contributed by atoms with Crippen LogP contribution in [-0.4, -0.2) is 28.8 Å². The van der Waals surface area contributed by atoms with Crippen molar-refractivity contribution in [1.82, 2.24) is 5.32 Å². The number of alkyl carbamates (subject to hydrolysis) is 1. The van der Waals surface area contributed by atoms with Gasteiger partial charge in [0, 0.05) is 6.04 Å². The highest BCUT2D eigenvalue weighted by Gasteiger charge is 2.50. The lowest BCUT2D eigenvalue weighted by molar-refractivity contribution is -0.141. The molecule has 0 bridgehead atoms. The minimum atomic E-state index is -0.708. The van der Waals surface area contributed by atoms with E-state index >= 15 is 0 Å². The zero-order chi connectivity index (χ0) is 13.5. The predicted octanol–water partition coefficient (Wildman–Crippen LogP) is 2.01. The molecule has 0 aliphatic heterocycles. The van der Waals surface area contributed by atoms with Crippen LogP contribution in [0.15, 0.2) is 0 Å². The van der Waals surface area contributed by atoms with Gasteiger partial charge in [0.25, 0.3) is 0 Å². The summed E-state index contributed by atoms with van der Waals surface area (Å²) in [5.41, 5.74) is -0.494. The molecule has 2 saturated carbocycles. The third kappa shape index (κ3) is 2.76. The monoisotopic (exact) mass is 255 g/mol. The summed E-state index contributed by atoms with van der Waals surface area (Å²) in [6, 6.07) is 0.0919. The van der Waals surface area contributed by atoms with E-state index in [2.05, 4.69) is 5.32 Å². The summed E-state index contributed by atoms with van der Waals surface area (Å²) in [4.78, 5) is 22.5. The van der Waals surface area contributed by atoms with Gasteiger partial charge in [0.05, 0.1) is 5.92 Å². The number of carbonyl (C=O) groups excluding carboxylic acids is 1. The van der Waals surface area contributed by atoms with Gasteiger partial charge in [0.1, 0.15) is 5.60 Å². The van der Waals surface area contributed by atoms with Crippen molar-refractivity contribution in [3.63, 3.8) is 0 Å². The highest BCUT2D eigenvalue weighted by Crippen LogP contribution is 2.49. The first-order chi connectivity index (χ1) is 8.26. The van der Waals surface area contributed by atoms with E-state index < -0.39 is 17.7 Å². The maximum absolute atomic E-state index is 11.6. The van der Waals surface area contributed by atoms with Crippen molar-refractivity contribution in [1.29, 1.82) is 0 Å². The number of aliphatic carboxylic acids is 1. The molecule has 5 heteroatoms. The van der Waals surface area contributed by atoms with E-state index in [9.17, 15) is 9.59 Å². The van der Waals surface area contributed by atoms with Crippen molar-refractivity contribution in [3.05, 3.63) is 0 Å². The zero-order valence-electron chi connectivity index (χ0n) is 11.1. The van der Waals surface area contributed by atoms with Gasteiger partial charge < -0.3 is 15.2 Å². The quantitative estimate of drug-likeness (QED) is 0.791. The molecule has 18 heavy (non-hydrogen) atoms. The van der Waals surface area contributed by atoms with Crippen molar-refractivity contribution in [2.24, 2.45) is 17.8 Å². The van der Waals surface area contributed by atoms with Crippen molar-refractivity contribution in [2.75, 3.05) is 0 Å². The largest absolute Gasteiger partial charge is 0.481 e. The van der Waals surface area contributed by atoms with E-state index in [4.69, 9.17) is 9.84 Å². The highest BCUT2D eigenvalue weighted by molar-refractivity contribution is 5.71. The molecule has 102 valence electrons. The molecule has 1 unspecified atom stereocenters. The van der Waals surface area contributed by atoms with Gasteiger partial charge in [-0.3, -0.25) is 4.79 Å². The number of carbonyl (C=O) groups is 2. The van der Waals surface area contributed by atoms with Crippen LogP contribution in [0.5, 0.6) is 0 Å². The fourth-order valence-electron chi connectivity index (χ4n) is 3.05. The first-order valence-electron chi connectivity index (χ1n) is 6.48. The normalized spacial score (nSPS) is 34.4. The topological polar surface area (TPSA) is 75.6 Å². The minimum absolute atomic E-state index is 0.0919. The number of amides is 1. The highest BCUT2D eigenvalue weighted by atomic mass is 16.6. The second-order valence-electron chi connectivity index (χ2n) is 6.42. The molecule has 1 amide bonds. The Kier molecular flexibility index (Phi) is 3.25. The molecule has 0 aromatic heterocycles. The van der Waals surface area contributed by atoms with Gasteiger partial charge in [-0.1, -0.05) is 0 Å². The molecule has 0 aromatic rings. The maximum Gasteiger partial charge on any atom is 0.407 e. The Balaban J connectivity index is 1.81. The van der Waals surface area contributed by atoms with Crippen molar-refractivity contribution in [2.45, 2.75) is 51.7 Å². The van der Waals surface area contributed by atoms with Crippen molar-refractivity contribution in [3.8, 4) is 0 Å². The molecule has 2 fully saturated rings. The Morgan fingerprint density at radius 1 is 1.22 bits per heavy atom. The Labute approximate surface area is 107 Å². The summed E-state index contributed by atoms with van der Waals surface area (Å²) < 4.78 is 5.20. The molecule has 2 rings (SSSR count). The lowest BCUT2D eigenvalue weighted by atomic mass is 9.71. The third-order valence-corrected chi connectivity index (χ3v) is 3.87. The van der Waals surface area contributed by atoms with E-state index in [1.807, 2.05) is 20.8 Å². The number of carboxylic acid groups (broad SMARTS) is 1. The Morgan fingerprint density at radius 3 is 2.44 bits per heavy atom. The van der Waals surface area contributed by atoms with Crippen LogP contribution in [-0.2, 0) is 9.53 Å². The van der Waals surface area contributed by atoms with Gasteiger partial charge in [-0.25, -0.2) is 4.79 Å².